The summed E-state index contributed by atoms with van der Waals surface area (Å²) in [4.78, 5) is 12.0. The lowest BCUT2D eigenvalue weighted by Crippen LogP contribution is -2.21. The maximum atomic E-state index is 12.0. The molecule has 1 aromatic rings. The molecule has 3 nitrogen and oxygen atoms in total. The van der Waals surface area contributed by atoms with Gasteiger partial charge in [-0.3, -0.25) is 4.79 Å². The topological polar surface area (TPSA) is 35.5 Å². The van der Waals surface area contributed by atoms with E-state index in [1.54, 1.807) is 0 Å². The van der Waals surface area contributed by atoms with Crippen LogP contribution in [0.5, 0.6) is 0 Å². The molecule has 1 rings (SSSR count). The molecule has 0 fully saturated rings. The van der Waals surface area contributed by atoms with Gasteiger partial charge in [0.2, 0.25) is 0 Å². The Morgan fingerprint density at radius 3 is 2.39 bits per heavy atom. The molecule has 0 saturated heterocycles. The van der Waals surface area contributed by atoms with Crippen LogP contribution in [0.3, 0.4) is 0 Å². The van der Waals surface area contributed by atoms with E-state index in [4.69, 9.17) is 9.47 Å². The van der Waals surface area contributed by atoms with E-state index in [2.05, 4.69) is 0 Å². The molecule has 0 aliphatic rings. The third-order valence-corrected chi connectivity index (χ3v) is 2.57. The van der Waals surface area contributed by atoms with E-state index in [1.807, 2.05) is 44.2 Å². The molecule has 0 aliphatic heterocycles. The monoisotopic (exact) mass is 250 g/mol. The molecule has 0 heterocycles. The number of esters is 1. The van der Waals surface area contributed by atoms with E-state index in [-0.39, 0.29) is 11.9 Å². The van der Waals surface area contributed by atoms with Crippen LogP contribution < -0.4 is 0 Å². The lowest BCUT2D eigenvalue weighted by Gasteiger charge is -2.16. The van der Waals surface area contributed by atoms with Crippen molar-refractivity contribution in [1.29, 1.82) is 0 Å². The lowest BCUT2D eigenvalue weighted by atomic mass is 10.0. The van der Waals surface area contributed by atoms with Gasteiger partial charge in [0.05, 0.1) is 13.2 Å². The number of ether oxygens (including phenoxy) is 2. The maximum Gasteiger partial charge on any atom is 0.315 e. The van der Waals surface area contributed by atoms with E-state index >= 15 is 0 Å². The molecule has 18 heavy (non-hydrogen) atoms. The SMILES string of the molecule is CCCOCC(C(=O)OCCC)c1ccccc1. The summed E-state index contributed by atoms with van der Waals surface area (Å²) >= 11 is 0. The van der Waals surface area contributed by atoms with Gasteiger partial charge in [0.15, 0.2) is 0 Å². The van der Waals surface area contributed by atoms with E-state index < -0.39 is 0 Å². The number of carbonyl (C=O) groups is 1. The molecule has 0 N–H and O–H groups in total. The van der Waals surface area contributed by atoms with Gasteiger partial charge in [-0.15, -0.1) is 0 Å². The Bertz CT molecular complexity index is 335. The zero-order valence-corrected chi connectivity index (χ0v) is 11.2. The largest absolute Gasteiger partial charge is 0.465 e. The lowest BCUT2D eigenvalue weighted by molar-refractivity contribution is -0.147. The molecule has 0 saturated carbocycles. The quantitative estimate of drug-likeness (QED) is 0.525. The normalized spacial score (nSPS) is 12.1. The summed E-state index contributed by atoms with van der Waals surface area (Å²) in [7, 11) is 0. The smallest absolute Gasteiger partial charge is 0.315 e. The van der Waals surface area contributed by atoms with Crippen LogP contribution in [-0.2, 0) is 14.3 Å². The summed E-state index contributed by atoms with van der Waals surface area (Å²) < 4.78 is 10.7. The van der Waals surface area contributed by atoms with Crippen molar-refractivity contribution in [3.63, 3.8) is 0 Å². The predicted molar refractivity (Wildman–Crippen MR) is 71.5 cm³/mol. The van der Waals surface area contributed by atoms with E-state index in [9.17, 15) is 4.79 Å². The molecular weight excluding hydrogens is 228 g/mol. The highest BCUT2D eigenvalue weighted by Gasteiger charge is 2.22. The minimum Gasteiger partial charge on any atom is -0.465 e. The van der Waals surface area contributed by atoms with Crippen LogP contribution >= 0.6 is 0 Å². The van der Waals surface area contributed by atoms with Gasteiger partial charge < -0.3 is 9.47 Å². The van der Waals surface area contributed by atoms with Gasteiger partial charge in [-0.25, -0.2) is 0 Å². The van der Waals surface area contributed by atoms with Crippen molar-refractivity contribution in [3.8, 4) is 0 Å². The molecule has 1 aromatic carbocycles. The highest BCUT2D eigenvalue weighted by atomic mass is 16.5. The third kappa shape index (κ3) is 4.88. The molecule has 1 atom stereocenters. The average molecular weight is 250 g/mol. The zero-order chi connectivity index (χ0) is 13.2. The van der Waals surface area contributed by atoms with Crippen molar-refractivity contribution in [2.75, 3.05) is 19.8 Å². The molecule has 0 bridgehead atoms. The van der Waals surface area contributed by atoms with Gasteiger partial charge in [-0.2, -0.15) is 0 Å². The second-order valence-electron chi connectivity index (χ2n) is 4.21. The van der Waals surface area contributed by atoms with Crippen molar-refractivity contribution in [3.05, 3.63) is 35.9 Å². The summed E-state index contributed by atoms with van der Waals surface area (Å²) in [6.45, 7) is 5.56. The maximum absolute atomic E-state index is 12.0. The predicted octanol–water partition coefficient (Wildman–Crippen LogP) is 3.15. The number of benzene rings is 1. The van der Waals surface area contributed by atoms with Gasteiger partial charge >= 0.3 is 5.97 Å². The molecule has 3 heteroatoms. The number of rotatable bonds is 8. The van der Waals surface area contributed by atoms with Gasteiger partial charge in [0, 0.05) is 6.61 Å². The molecule has 0 amide bonds. The van der Waals surface area contributed by atoms with E-state index in [0.717, 1.165) is 18.4 Å². The van der Waals surface area contributed by atoms with Crippen LogP contribution in [0.4, 0.5) is 0 Å². The van der Waals surface area contributed by atoms with Crippen molar-refractivity contribution in [2.24, 2.45) is 0 Å². The van der Waals surface area contributed by atoms with Crippen molar-refractivity contribution >= 4 is 5.97 Å². The van der Waals surface area contributed by atoms with Gasteiger partial charge in [-0.1, -0.05) is 44.2 Å². The van der Waals surface area contributed by atoms with Crippen LogP contribution in [0.25, 0.3) is 0 Å². The minimum absolute atomic E-state index is 0.195. The van der Waals surface area contributed by atoms with Crippen molar-refractivity contribution in [1.82, 2.24) is 0 Å². The van der Waals surface area contributed by atoms with Crippen LogP contribution in [0.2, 0.25) is 0 Å². The van der Waals surface area contributed by atoms with Crippen LogP contribution in [0.1, 0.15) is 38.2 Å². The number of carbonyl (C=O) groups excluding carboxylic acids is 1. The summed E-state index contributed by atoms with van der Waals surface area (Å²) in [5.41, 5.74) is 0.953. The second-order valence-corrected chi connectivity index (χ2v) is 4.21. The fourth-order valence-electron chi connectivity index (χ4n) is 1.63. The Kier molecular flexibility index (Phi) is 7.11. The Morgan fingerprint density at radius 1 is 1.11 bits per heavy atom. The zero-order valence-electron chi connectivity index (χ0n) is 11.2. The summed E-state index contributed by atoms with van der Waals surface area (Å²) in [5.74, 6) is -0.511. The standard InChI is InChI=1S/C15H22O3/c1-3-10-17-12-14(15(16)18-11-4-2)13-8-6-5-7-9-13/h5-9,14H,3-4,10-12H2,1-2H3. The summed E-state index contributed by atoms with van der Waals surface area (Å²) in [5, 5.41) is 0. The molecule has 0 aliphatic carbocycles. The van der Waals surface area contributed by atoms with Gasteiger partial charge in [0.1, 0.15) is 5.92 Å². The summed E-state index contributed by atoms with van der Waals surface area (Å²) in [6.07, 6.45) is 1.79. The Hall–Kier alpha value is -1.35. The van der Waals surface area contributed by atoms with E-state index in [0.29, 0.717) is 19.8 Å². The fourth-order valence-corrected chi connectivity index (χ4v) is 1.63. The first kappa shape index (κ1) is 14.7. The fraction of sp³-hybridized carbons (Fsp3) is 0.533. The van der Waals surface area contributed by atoms with Crippen LogP contribution in [0.15, 0.2) is 30.3 Å². The molecule has 100 valence electrons. The van der Waals surface area contributed by atoms with Gasteiger partial charge in [-0.05, 0) is 18.4 Å². The number of hydrogen-bond donors (Lipinski definition) is 0. The molecule has 0 radical (unpaired) electrons. The molecular formula is C15H22O3. The first-order valence-electron chi connectivity index (χ1n) is 6.58. The molecule has 0 aromatic heterocycles. The first-order chi connectivity index (χ1) is 8.79. The number of hydrogen-bond acceptors (Lipinski definition) is 3. The summed E-state index contributed by atoms with van der Waals surface area (Å²) in [6, 6.07) is 9.66. The Labute approximate surface area is 109 Å². The Balaban J connectivity index is 2.65. The minimum atomic E-state index is -0.315. The van der Waals surface area contributed by atoms with Crippen LogP contribution in [0, 0.1) is 0 Å². The first-order valence-corrected chi connectivity index (χ1v) is 6.58. The van der Waals surface area contributed by atoms with Crippen molar-refractivity contribution < 1.29 is 14.3 Å². The van der Waals surface area contributed by atoms with Crippen LogP contribution in [-0.4, -0.2) is 25.8 Å². The van der Waals surface area contributed by atoms with E-state index in [1.165, 1.54) is 0 Å². The average Bonchev–Trinajstić information content (AvgIpc) is 2.42. The van der Waals surface area contributed by atoms with Gasteiger partial charge in [0.25, 0.3) is 0 Å². The van der Waals surface area contributed by atoms with Crippen molar-refractivity contribution in [2.45, 2.75) is 32.6 Å². The highest BCUT2D eigenvalue weighted by molar-refractivity contribution is 5.78. The second kappa shape index (κ2) is 8.70. The third-order valence-electron chi connectivity index (χ3n) is 2.57. The highest BCUT2D eigenvalue weighted by Crippen LogP contribution is 2.18. The molecule has 1 unspecified atom stereocenters. The Morgan fingerprint density at radius 2 is 1.78 bits per heavy atom. The molecule has 0 spiro atoms.